The Kier molecular flexibility index (Phi) is 9.66. The van der Waals surface area contributed by atoms with Gasteiger partial charge >= 0.3 is 0 Å². The number of hydrogen-bond acceptors (Lipinski definition) is 3. The summed E-state index contributed by atoms with van der Waals surface area (Å²) < 4.78 is 5.41. The molecule has 2 rings (SSSR count). The molecule has 1 aliphatic heterocycles. The number of halogens is 1. The van der Waals surface area contributed by atoms with Gasteiger partial charge in [0.2, 0.25) is 0 Å². The van der Waals surface area contributed by atoms with Crippen LogP contribution in [0.25, 0.3) is 0 Å². The third-order valence-corrected chi connectivity index (χ3v) is 4.93. The molecule has 1 aliphatic carbocycles. The molecule has 5 nitrogen and oxygen atoms in total. The predicted octanol–water partition coefficient (Wildman–Crippen LogP) is 2.09. The lowest BCUT2D eigenvalue weighted by Crippen LogP contribution is -2.42. The molecule has 22 heavy (non-hydrogen) atoms. The largest absolute Gasteiger partial charge is 0.393 e. The second kappa shape index (κ2) is 10.6. The van der Waals surface area contributed by atoms with E-state index in [0.29, 0.717) is 5.92 Å². The number of aliphatic hydroxyl groups is 1. The summed E-state index contributed by atoms with van der Waals surface area (Å²) in [5.74, 6) is 2.11. The van der Waals surface area contributed by atoms with Gasteiger partial charge in [-0.05, 0) is 38.0 Å². The lowest BCUT2D eigenvalue weighted by molar-refractivity contribution is 0.0625. The van der Waals surface area contributed by atoms with Crippen LogP contribution in [-0.4, -0.2) is 62.5 Å². The number of nitrogens with one attached hydrogen (secondary N) is 1. The first kappa shape index (κ1) is 20.0. The first-order valence-corrected chi connectivity index (χ1v) is 8.38. The Labute approximate surface area is 151 Å². The molecule has 6 heteroatoms. The summed E-state index contributed by atoms with van der Waals surface area (Å²) in [5, 5.41) is 13.3. The second-order valence-corrected chi connectivity index (χ2v) is 6.45. The zero-order valence-electron chi connectivity index (χ0n) is 14.0. The van der Waals surface area contributed by atoms with Crippen molar-refractivity contribution in [2.24, 2.45) is 16.8 Å². The van der Waals surface area contributed by atoms with Crippen molar-refractivity contribution in [2.75, 3.05) is 40.4 Å². The van der Waals surface area contributed by atoms with E-state index in [2.05, 4.69) is 22.3 Å². The molecule has 0 aromatic carbocycles. The molecule has 2 unspecified atom stereocenters. The third kappa shape index (κ3) is 6.20. The SMILES string of the molecule is CN=C(NCC1CCCC1O)N(C)CCC1CCOCC1.I. The number of aliphatic hydroxyl groups excluding tert-OH is 1. The van der Waals surface area contributed by atoms with E-state index in [9.17, 15) is 5.11 Å². The fraction of sp³-hybridized carbons (Fsp3) is 0.938. The standard InChI is InChI=1S/C16H31N3O2.HI/c1-17-16(18-12-14-4-3-5-15(14)20)19(2)9-6-13-7-10-21-11-8-13;/h13-15,20H,3-12H2,1-2H3,(H,17,18);1H. The molecule has 0 aromatic heterocycles. The van der Waals surface area contributed by atoms with E-state index in [4.69, 9.17) is 4.74 Å². The maximum atomic E-state index is 9.88. The van der Waals surface area contributed by atoms with Crippen LogP contribution in [0.4, 0.5) is 0 Å². The minimum absolute atomic E-state index is 0. The van der Waals surface area contributed by atoms with Crippen molar-refractivity contribution in [3.63, 3.8) is 0 Å². The Morgan fingerprint density at radius 2 is 2.00 bits per heavy atom. The number of hydrogen-bond donors (Lipinski definition) is 2. The Morgan fingerprint density at radius 3 is 2.59 bits per heavy atom. The molecule has 2 fully saturated rings. The van der Waals surface area contributed by atoms with Gasteiger partial charge in [-0.2, -0.15) is 0 Å². The van der Waals surface area contributed by atoms with Crippen molar-refractivity contribution in [3.05, 3.63) is 0 Å². The average Bonchev–Trinajstić information content (AvgIpc) is 2.92. The fourth-order valence-electron chi connectivity index (χ4n) is 3.38. The van der Waals surface area contributed by atoms with Gasteiger partial charge in [-0.25, -0.2) is 0 Å². The van der Waals surface area contributed by atoms with Gasteiger partial charge in [0.25, 0.3) is 0 Å². The molecular weight excluding hydrogens is 393 g/mol. The predicted molar refractivity (Wildman–Crippen MR) is 101 cm³/mol. The summed E-state index contributed by atoms with van der Waals surface area (Å²) in [6, 6.07) is 0. The zero-order chi connectivity index (χ0) is 15.1. The van der Waals surface area contributed by atoms with Crippen molar-refractivity contribution >= 4 is 29.9 Å². The van der Waals surface area contributed by atoms with Gasteiger partial charge in [0.15, 0.2) is 5.96 Å². The maximum Gasteiger partial charge on any atom is 0.193 e. The van der Waals surface area contributed by atoms with E-state index in [1.165, 1.54) is 19.3 Å². The van der Waals surface area contributed by atoms with E-state index in [-0.39, 0.29) is 30.1 Å². The molecule has 0 bridgehead atoms. The Morgan fingerprint density at radius 1 is 1.27 bits per heavy atom. The van der Waals surface area contributed by atoms with Crippen molar-refractivity contribution in [1.82, 2.24) is 10.2 Å². The average molecular weight is 425 g/mol. The first-order valence-electron chi connectivity index (χ1n) is 8.38. The Bertz CT molecular complexity index is 335. The summed E-state index contributed by atoms with van der Waals surface area (Å²) in [7, 11) is 3.93. The van der Waals surface area contributed by atoms with Crippen LogP contribution >= 0.6 is 24.0 Å². The van der Waals surface area contributed by atoms with Crippen LogP contribution in [0.15, 0.2) is 4.99 Å². The lowest BCUT2D eigenvalue weighted by atomic mass is 9.96. The number of aliphatic imine (C=N–C) groups is 1. The summed E-state index contributed by atoms with van der Waals surface area (Å²) in [5.41, 5.74) is 0. The molecule has 0 spiro atoms. The highest BCUT2D eigenvalue weighted by Crippen LogP contribution is 2.24. The minimum Gasteiger partial charge on any atom is -0.393 e. The van der Waals surface area contributed by atoms with E-state index in [1.807, 2.05) is 7.05 Å². The maximum absolute atomic E-state index is 9.88. The van der Waals surface area contributed by atoms with Crippen LogP contribution in [0.1, 0.15) is 38.5 Å². The van der Waals surface area contributed by atoms with Crippen LogP contribution in [-0.2, 0) is 4.74 Å². The van der Waals surface area contributed by atoms with E-state index < -0.39 is 0 Å². The molecule has 2 atom stereocenters. The molecule has 2 aliphatic rings. The normalized spacial score (nSPS) is 26.6. The minimum atomic E-state index is -0.136. The highest BCUT2D eigenvalue weighted by molar-refractivity contribution is 14.0. The summed E-state index contributed by atoms with van der Waals surface area (Å²) >= 11 is 0. The van der Waals surface area contributed by atoms with Gasteiger partial charge in [0.05, 0.1) is 6.10 Å². The monoisotopic (exact) mass is 425 g/mol. The van der Waals surface area contributed by atoms with E-state index in [1.54, 1.807) is 0 Å². The van der Waals surface area contributed by atoms with Gasteiger partial charge in [0.1, 0.15) is 0 Å². The van der Waals surface area contributed by atoms with E-state index >= 15 is 0 Å². The van der Waals surface area contributed by atoms with Gasteiger partial charge in [-0.3, -0.25) is 4.99 Å². The van der Waals surface area contributed by atoms with Gasteiger partial charge in [0, 0.05) is 46.3 Å². The molecule has 0 radical (unpaired) electrons. The van der Waals surface area contributed by atoms with Crippen LogP contribution < -0.4 is 5.32 Å². The number of rotatable bonds is 5. The molecule has 1 heterocycles. The third-order valence-electron chi connectivity index (χ3n) is 4.93. The Hall–Kier alpha value is -0.0800. The quantitative estimate of drug-likeness (QED) is 0.403. The summed E-state index contributed by atoms with van der Waals surface area (Å²) in [4.78, 5) is 6.57. The van der Waals surface area contributed by atoms with Crippen molar-refractivity contribution in [1.29, 1.82) is 0 Å². The smallest absolute Gasteiger partial charge is 0.193 e. The lowest BCUT2D eigenvalue weighted by Gasteiger charge is -2.27. The van der Waals surface area contributed by atoms with Gasteiger partial charge in [-0.15, -0.1) is 24.0 Å². The molecule has 1 saturated heterocycles. The van der Waals surface area contributed by atoms with Crippen LogP contribution in [0.5, 0.6) is 0 Å². The number of nitrogens with zero attached hydrogens (tertiary/aromatic N) is 2. The van der Waals surface area contributed by atoms with Crippen LogP contribution in [0.3, 0.4) is 0 Å². The zero-order valence-corrected chi connectivity index (χ0v) is 16.3. The highest BCUT2D eigenvalue weighted by Gasteiger charge is 2.25. The molecule has 0 aromatic rings. The fourth-order valence-corrected chi connectivity index (χ4v) is 3.38. The van der Waals surface area contributed by atoms with Crippen molar-refractivity contribution in [2.45, 2.75) is 44.6 Å². The van der Waals surface area contributed by atoms with E-state index in [0.717, 1.165) is 57.4 Å². The topological polar surface area (TPSA) is 57.1 Å². The van der Waals surface area contributed by atoms with Gasteiger partial charge < -0.3 is 20.1 Å². The summed E-state index contributed by atoms with van der Waals surface area (Å²) in [6.45, 7) is 3.69. The van der Waals surface area contributed by atoms with Crippen molar-refractivity contribution in [3.8, 4) is 0 Å². The molecular formula is C16H32IN3O2. The molecule has 0 amide bonds. The Balaban J connectivity index is 0.00000242. The molecule has 2 N–H and O–H groups in total. The molecule has 1 saturated carbocycles. The number of guanidine groups is 1. The van der Waals surface area contributed by atoms with Crippen molar-refractivity contribution < 1.29 is 9.84 Å². The number of ether oxygens (including phenoxy) is 1. The highest BCUT2D eigenvalue weighted by atomic mass is 127. The first-order chi connectivity index (χ1) is 10.2. The van der Waals surface area contributed by atoms with Gasteiger partial charge in [-0.1, -0.05) is 6.42 Å². The second-order valence-electron chi connectivity index (χ2n) is 6.45. The molecule has 130 valence electrons. The van der Waals surface area contributed by atoms with Crippen LogP contribution in [0, 0.1) is 11.8 Å². The summed E-state index contributed by atoms with van der Waals surface area (Å²) in [6.07, 6.45) is 6.66. The van der Waals surface area contributed by atoms with Crippen LogP contribution in [0.2, 0.25) is 0 Å².